The molecule has 0 aliphatic carbocycles. The van der Waals surface area contributed by atoms with E-state index in [0.717, 1.165) is 32.4 Å². The molecule has 3 rings (SSSR count). The van der Waals surface area contributed by atoms with Crippen LogP contribution in [0.1, 0.15) is 24.0 Å². The van der Waals surface area contributed by atoms with E-state index in [-0.39, 0.29) is 0 Å². The van der Waals surface area contributed by atoms with Crippen molar-refractivity contribution in [1.82, 2.24) is 4.90 Å². The van der Waals surface area contributed by atoms with Gasteiger partial charge in [-0.05, 0) is 30.4 Å². The first-order valence-electron chi connectivity index (χ1n) is 7.89. The molecule has 2 N–H and O–H groups in total. The predicted molar refractivity (Wildman–Crippen MR) is 88.0 cm³/mol. The van der Waals surface area contributed by atoms with Crippen LogP contribution in [0.4, 0.5) is 0 Å². The summed E-state index contributed by atoms with van der Waals surface area (Å²) in [6.07, 6.45) is 3.31. The van der Waals surface area contributed by atoms with Crippen molar-refractivity contribution in [2.24, 2.45) is 5.73 Å². The highest BCUT2D eigenvalue weighted by molar-refractivity contribution is 5.18. The third-order valence-corrected chi connectivity index (χ3v) is 4.42. The molecule has 1 heterocycles. The Balaban J connectivity index is 1.71. The van der Waals surface area contributed by atoms with Crippen LogP contribution in [0.15, 0.2) is 60.7 Å². The first-order chi connectivity index (χ1) is 10.3. The van der Waals surface area contributed by atoms with Crippen molar-refractivity contribution >= 4 is 0 Å². The van der Waals surface area contributed by atoms with Crippen molar-refractivity contribution in [3.8, 4) is 0 Å². The van der Waals surface area contributed by atoms with E-state index in [1.165, 1.54) is 11.1 Å². The van der Waals surface area contributed by atoms with E-state index in [1.54, 1.807) is 0 Å². The highest BCUT2D eigenvalue weighted by Gasteiger charge is 2.26. The fraction of sp³-hybridized carbons (Fsp3) is 0.368. The summed E-state index contributed by atoms with van der Waals surface area (Å²) in [6, 6.07) is 22.4. The molecule has 1 saturated heterocycles. The molecule has 2 atom stereocenters. The van der Waals surface area contributed by atoms with Crippen molar-refractivity contribution in [3.63, 3.8) is 0 Å². The Morgan fingerprint density at radius 2 is 1.52 bits per heavy atom. The van der Waals surface area contributed by atoms with Crippen molar-refractivity contribution in [2.75, 3.05) is 6.54 Å². The molecule has 2 heteroatoms. The van der Waals surface area contributed by atoms with E-state index in [1.807, 2.05) is 0 Å². The van der Waals surface area contributed by atoms with E-state index >= 15 is 0 Å². The van der Waals surface area contributed by atoms with E-state index in [9.17, 15) is 0 Å². The summed E-state index contributed by atoms with van der Waals surface area (Å²) < 4.78 is 0. The Hall–Kier alpha value is -1.64. The van der Waals surface area contributed by atoms with Crippen molar-refractivity contribution in [2.45, 2.75) is 37.9 Å². The first kappa shape index (κ1) is 14.3. The molecule has 2 unspecified atom stereocenters. The zero-order valence-electron chi connectivity index (χ0n) is 12.5. The number of nitrogens with two attached hydrogens (primary N) is 1. The normalized spacial score (nSPS) is 23.1. The summed E-state index contributed by atoms with van der Waals surface area (Å²) in [6.45, 7) is 2.14. The van der Waals surface area contributed by atoms with Crippen LogP contribution < -0.4 is 5.73 Å². The molecule has 21 heavy (non-hydrogen) atoms. The molecule has 1 fully saturated rings. The fourth-order valence-electron chi connectivity index (χ4n) is 3.26. The summed E-state index contributed by atoms with van der Waals surface area (Å²) in [5.74, 6) is 0. The van der Waals surface area contributed by atoms with Gasteiger partial charge in [-0.3, -0.25) is 4.90 Å². The lowest BCUT2D eigenvalue weighted by Gasteiger charge is -2.38. The minimum absolute atomic E-state index is 0.353. The highest BCUT2D eigenvalue weighted by atomic mass is 15.2. The molecule has 2 aromatic rings. The van der Waals surface area contributed by atoms with Gasteiger partial charge in [0.25, 0.3) is 0 Å². The van der Waals surface area contributed by atoms with Gasteiger partial charge in [-0.1, -0.05) is 60.7 Å². The van der Waals surface area contributed by atoms with Crippen LogP contribution in [0.3, 0.4) is 0 Å². The van der Waals surface area contributed by atoms with Gasteiger partial charge in [-0.15, -0.1) is 0 Å². The van der Waals surface area contributed by atoms with E-state index in [4.69, 9.17) is 5.73 Å². The molecule has 0 saturated carbocycles. The number of piperidine rings is 1. The lowest BCUT2D eigenvalue weighted by molar-refractivity contribution is 0.127. The highest BCUT2D eigenvalue weighted by Crippen LogP contribution is 2.22. The maximum atomic E-state index is 6.21. The first-order valence-corrected chi connectivity index (χ1v) is 7.89. The zero-order chi connectivity index (χ0) is 14.5. The maximum Gasteiger partial charge on any atom is 0.0236 e. The molecule has 0 spiro atoms. The molecule has 1 aliphatic heterocycles. The number of nitrogens with zero attached hydrogens (tertiary/aromatic N) is 1. The van der Waals surface area contributed by atoms with Gasteiger partial charge in [0.15, 0.2) is 0 Å². The van der Waals surface area contributed by atoms with Crippen LogP contribution in [0.25, 0.3) is 0 Å². The summed E-state index contributed by atoms with van der Waals surface area (Å²) >= 11 is 0. The average molecular weight is 280 g/mol. The SMILES string of the molecule is NC1CCN(Cc2ccccc2)C(Cc2ccccc2)C1. The Morgan fingerprint density at radius 3 is 2.19 bits per heavy atom. The van der Waals surface area contributed by atoms with Gasteiger partial charge in [0, 0.05) is 25.2 Å². The lowest BCUT2D eigenvalue weighted by atomic mass is 9.92. The Morgan fingerprint density at radius 1 is 0.905 bits per heavy atom. The van der Waals surface area contributed by atoms with Crippen molar-refractivity contribution in [1.29, 1.82) is 0 Å². The number of hydrogen-bond acceptors (Lipinski definition) is 2. The van der Waals surface area contributed by atoms with E-state index in [0.29, 0.717) is 12.1 Å². The molecular weight excluding hydrogens is 256 g/mol. The minimum atomic E-state index is 0.353. The topological polar surface area (TPSA) is 29.3 Å². The summed E-state index contributed by atoms with van der Waals surface area (Å²) in [5.41, 5.74) is 9.01. The zero-order valence-corrected chi connectivity index (χ0v) is 12.5. The Kier molecular flexibility index (Phi) is 4.69. The molecule has 0 aromatic heterocycles. The Labute approximate surface area is 127 Å². The number of likely N-dealkylation sites (tertiary alicyclic amines) is 1. The van der Waals surface area contributed by atoms with Crippen LogP contribution in [-0.2, 0) is 13.0 Å². The second-order valence-corrected chi connectivity index (χ2v) is 6.08. The van der Waals surface area contributed by atoms with Gasteiger partial charge in [-0.2, -0.15) is 0 Å². The van der Waals surface area contributed by atoms with Gasteiger partial charge in [0.1, 0.15) is 0 Å². The number of hydrogen-bond donors (Lipinski definition) is 1. The minimum Gasteiger partial charge on any atom is -0.328 e. The number of benzene rings is 2. The average Bonchev–Trinajstić information content (AvgIpc) is 2.52. The largest absolute Gasteiger partial charge is 0.328 e. The maximum absolute atomic E-state index is 6.21. The van der Waals surface area contributed by atoms with Gasteiger partial charge >= 0.3 is 0 Å². The molecule has 0 amide bonds. The van der Waals surface area contributed by atoms with Crippen LogP contribution in [0, 0.1) is 0 Å². The smallest absolute Gasteiger partial charge is 0.0236 e. The number of rotatable bonds is 4. The third kappa shape index (κ3) is 3.93. The van der Waals surface area contributed by atoms with Crippen molar-refractivity contribution in [3.05, 3.63) is 71.8 Å². The Bertz CT molecular complexity index is 538. The van der Waals surface area contributed by atoms with E-state index < -0.39 is 0 Å². The fourth-order valence-corrected chi connectivity index (χ4v) is 3.26. The summed E-state index contributed by atoms with van der Waals surface area (Å²) in [5, 5.41) is 0. The van der Waals surface area contributed by atoms with Crippen LogP contribution >= 0.6 is 0 Å². The molecule has 2 nitrogen and oxygen atoms in total. The monoisotopic (exact) mass is 280 g/mol. The van der Waals surface area contributed by atoms with E-state index in [2.05, 4.69) is 65.6 Å². The molecule has 0 radical (unpaired) electrons. The second-order valence-electron chi connectivity index (χ2n) is 6.08. The van der Waals surface area contributed by atoms with Crippen molar-refractivity contribution < 1.29 is 0 Å². The standard InChI is InChI=1S/C19H24N2/c20-18-11-12-21(15-17-9-5-2-6-10-17)19(14-18)13-16-7-3-1-4-8-16/h1-10,18-19H,11-15,20H2. The van der Waals surface area contributed by atoms with Gasteiger partial charge in [-0.25, -0.2) is 0 Å². The van der Waals surface area contributed by atoms with Crippen LogP contribution in [-0.4, -0.2) is 23.5 Å². The van der Waals surface area contributed by atoms with Gasteiger partial charge in [0.05, 0.1) is 0 Å². The van der Waals surface area contributed by atoms with Gasteiger partial charge in [0.2, 0.25) is 0 Å². The summed E-state index contributed by atoms with van der Waals surface area (Å²) in [4.78, 5) is 2.60. The predicted octanol–water partition coefficient (Wildman–Crippen LogP) is 3.22. The molecule has 110 valence electrons. The lowest BCUT2D eigenvalue weighted by Crippen LogP contribution is -2.47. The molecular formula is C19H24N2. The summed E-state index contributed by atoms with van der Waals surface area (Å²) in [7, 11) is 0. The van der Waals surface area contributed by atoms with Gasteiger partial charge < -0.3 is 5.73 Å². The quantitative estimate of drug-likeness (QED) is 0.931. The molecule has 1 aliphatic rings. The van der Waals surface area contributed by atoms with Crippen LogP contribution in [0.5, 0.6) is 0 Å². The van der Waals surface area contributed by atoms with Crippen LogP contribution in [0.2, 0.25) is 0 Å². The molecule has 2 aromatic carbocycles. The molecule has 0 bridgehead atoms. The second kappa shape index (κ2) is 6.88. The third-order valence-electron chi connectivity index (χ3n) is 4.42.